The number of sulfonamides is 1. The topological polar surface area (TPSA) is 57.7 Å². The van der Waals surface area contributed by atoms with E-state index in [0.717, 1.165) is 27.8 Å². The van der Waals surface area contributed by atoms with Gasteiger partial charge in [-0.05, 0) is 67.3 Å². The van der Waals surface area contributed by atoms with Gasteiger partial charge in [-0.1, -0.05) is 84.4 Å². The summed E-state index contributed by atoms with van der Waals surface area (Å²) in [6.07, 6.45) is 0. The molecule has 4 aromatic carbocycles. The van der Waals surface area contributed by atoms with E-state index in [1.807, 2.05) is 93.6 Å². The highest BCUT2D eigenvalue weighted by atomic mass is 32.2. The lowest BCUT2D eigenvalue weighted by atomic mass is 10.1. The number of carbonyl (C=O) groups is 1. The third-order valence-electron chi connectivity index (χ3n) is 6.45. The summed E-state index contributed by atoms with van der Waals surface area (Å²) in [4.78, 5) is 15.7. The molecule has 37 heavy (non-hydrogen) atoms. The number of carbonyl (C=O) groups excluding carboxylic acids is 1. The smallest absolute Gasteiger partial charge is 0.264 e. The van der Waals surface area contributed by atoms with Crippen molar-refractivity contribution in [2.75, 3.05) is 10.8 Å². The summed E-state index contributed by atoms with van der Waals surface area (Å²) < 4.78 is 29.0. The van der Waals surface area contributed by atoms with E-state index in [9.17, 15) is 13.2 Å². The molecule has 190 valence electrons. The second kappa shape index (κ2) is 11.4. The molecule has 0 aliphatic heterocycles. The van der Waals surface area contributed by atoms with Gasteiger partial charge in [0.05, 0.1) is 10.6 Å². The molecule has 6 heteroatoms. The third kappa shape index (κ3) is 6.46. The summed E-state index contributed by atoms with van der Waals surface area (Å²) in [6, 6.07) is 31.7. The van der Waals surface area contributed by atoms with Gasteiger partial charge in [0.25, 0.3) is 10.0 Å². The minimum atomic E-state index is -3.99. The molecule has 0 saturated heterocycles. The molecule has 4 rings (SSSR count). The Morgan fingerprint density at radius 3 is 1.73 bits per heavy atom. The molecule has 4 aromatic rings. The van der Waals surface area contributed by atoms with Crippen molar-refractivity contribution in [1.82, 2.24) is 4.90 Å². The predicted octanol–water partition coefficient (Wildman–Crippen LogP) is 6.04. The number of hydrogen-bond donors (Lipinski definition) is 0. The van der Waals surface area contributed by atoms with Crippen molar-refractivity contribution < 1.29 is 13.2 Å². The zero-order valence-corrected chi connectivity index (χ0v) is 22.3. The first-order valence-corrected chi connectivity index (χ1v) is 13.7. The Kier molecular flexibility index (Phi) is 8.09. The molecule has 0 N–H and O–H groups in total. The van der Waals surface area contributed by atoms with Crippen molar-refractivity contribution >= 4 is 21.6 Å². The largest absolute Gasteiger partial charge is 0.332 e. The van der Waals surface area contributed by atoms with E-state index < -0.39 is 10.0 Å². The Morgan fingerprint density at radius 2 is 1.22 bits per heavy atom. The lowest BCUT2D eigenvalue weighted by Crippen LogP contribution is -2.42. The highest BCUT2D eigenvalue weighted by molar-refractivity contribution is 7.92. The lowest BCUT2D eigenvalue weighted by Gasteiger charge is -2.29. The summed E-state index contributed by atoms with van der Waals surface area (Å²) in [7, 11) is -3.99. The van der Waals surface area contributed by atoms with Crippen molar-refractivity contribution in [3.05, 3.63) is 131 Å². The second-order valence-electron chi connectivity index (χ2n) is 9.31. The van der Waals surface area contributed by atoms with Gasteiger partial charge in [0.2, 0.25) is 5.91 Å². The van der Waals surface area contributed by atoms with Crippen LogP contribution in [0, 0.1) is 20.8 Å². The molecule has 0 aliphatic carbocycles. The van der Waals surface area contributed by atoms with Crippen LogP contribution in [0.25, 0.3) is 0 Å². The molecule has 5 nitrogen and oxygen atoms in total. The van der Waals surface area contributed by atoms with Crippen LogP contribution in [0.1, 0.15) is 27.8 Å². The number of hydrogen-bond acceptors (Lipinski definition) is 3. The summed E-state index contributed by atoms with van der Waals surface area (Å²) in [5, 5.41) is 0. The first-order valence-electron chi connectivity index (χ1n) is 12.3. The standard InChI is InChI=1S/C31H32N2O3S/c1-24-14-18-30(19-15-24)37(35,36)33(29-17-16-25(2)26(3)20-29)23-31(34)32(21-27-10-6-4-7-11-27)22-28-12-8-5-9-13-28/h4-20H,21-23H2,1-3H3. The van der Waals surface area contributed by atoms with Crippen LogP contribution in [-0.4, -0.2) is 25.8 Å². The normalized spacial score (nSPS) is 11.2. The van der Waals surface area contributed by atoms with E-state index in [-0.39, 0.29) is 17.3 Å². The Morgan fingerprint density at radius 1 is 0.676 bits per heavy atom. The first-order chi connectivity index (χ1) is 17.7. The van der Waals surface area contributed by atoms with Crippen molar-refractivity contribution in [3.8, 4) is 0 Å². The van der Waals surface area contributed by atoms with Gasteiger partial charge in [-0.2, -0.15) is 0 Å². The maximum absolute atomic E-state index is 13.9. The summed E-state index contributed by atoms with van der Waals surface area (Å²) >= 11 is 0. The molecule has 0 aliphatic rings. The fourth-order valence-corrected chi connectivity index (χ4v) is 5.50. The van der Waals surface area contributed by atoms with Gasteiger partial charge in [-0.15, -0.1) is 0 Å². The summed E-state index contributed by atoms with van der Waals surface area (Å²) in [5.74, 6) is -0.276. The average molecular weight is 513 g/mol. The van der Waals surface area contributed by atoms with Crippen molar-refractivity contribution in [2.45, 2.75) is 38.8 Å². The SMILES string of the molecule is Cc1ccc(S(=O)(=O)N(CC(=O)N(Cc2ccccc2)Cc2ccccc2)c2ccc(C)c(C)c2)cc1. The van der Waals surface area contributed by atoms with Gasteiger partial charge < -0.3 is 4.90 Å². The molecule has 0 radical (unpaired) electrons. The van der Waals surface area contributed by atoms with Crippen LogP contribution in [0.15, 0.2) is 108 Å². The Hall–Kier alpha value is -3.90. The zero-order chi connectivity index (χ0) is 26.4. The first kappa shape index (κ1) is 26.2. The molecule has 0 bridgehead atoms. The fraction of sp³-hybridized carbons (Fsp3) is 0.194. The van der Waals surface area contributed by atoms with Gasteiger partial charge in [-0.3, -0.25) is 9.10 Å². The van der Waals surface area contributed by atoms with Gasteiger partial charge in [-0.25, -0.2) is 8.42 Å². The lowest BCUT2D eigenvalue weighted by molar-refractivity contribution is -0.130. The van der Waals surface area contributed by atoms with Crippen LogP contribution in [-0.2, 0) is 27.9 Å². The van der Waals surface area contributed by atoms with Crippen LogP contribution in [0.5, 0.6) is 0 Å². The molecule has 0 unspecified atom stereocenters. The molecular formula is C31H32N2O3S. The maximum Gasteiger partial charge on any atom is 0.264 e. The monoisotopic (exact) mass is 512 g/mol. The van der Waals surface area contributed by atoms with E-state index >= 15 is 0 Å². The van der Waals surface area contributed by atoms with Gasteiger partial charge >= 0.3 is 0 Å². The van der Waals surface area contributed by atoms with Crippen LogP contribution < -0.4 is 4.31 Å². The van der Waals surface area contributed by atoms with E-state index in [1.165, 1.54) is 4.31 Å². The molecule has 0 fully saturated rings. The molecule has 0 aromatic heterocycles. The van der Waals surface area contributed by atoms with E-state index in [0.29, 0.717) is 18.8 Å². The number of benzene rings is 4. The van der Waals surface area contributed by atoms with E-state index in [4.69, 9.17) is 0 Å². The van der Waals surface area contributed by atoms with Crippen LogP contribution in [0.3, 0.4) is 0 Å². The number of amides is 1. The third-order valence-corrected chi connectivity index (χ3v) is 8.24. The number of rotatable bonds is 9. The van der Waals surface area contributed by atoms with Gasteiger partial charge in [0, 0.05) is 13.1 Å². The van der Waals surface area contributed by atoms with Crippen LogP contribution in [0.2, 0.25) is 0 Å². The molecule has 0 atom stereocenters. The van der Waals surface area contributed by atoms with E-state index in [2.05, 4.69) is 0 Å². The highest BCUT2D eigenvalue weighted by Gasteiger charge is 2.29. The molecule has 1 amide bonds. The summed E-state index contributed by atoms with van der Waals surface area (Å²) in [5.41, 5.74) is 5.40. The van der Waals surface area contributed by atoms with Gasteiger partial charge in [0.1, 0.15) is 6.54 Å². The fourth-order valence-electron chi connectivity index (χ4n) is 4.10. The van der Waals surface area contributed by atoms with Crippen LogP contribution in [0.4, 0.5) is 5.69 Å². The highest BCUT2D eigenvalue weighted by Crippen LogP contribution is 2.26. The Labute approximate surface area is 220 Å². The second-order valence-corrected chi connectivity index (χ2v) is 11.2. The molecule has 0 heterocycles. The molecular weight excluding hydrogens is 480 g/mol. The predicted molar refractivity (Wildman–Crippen MR) is 149 cm³/mol. The minimum Gasteiger partial charge on any atom is -0.332 e. The number of anilines is 1. The maximum atomic E-state index is 13.9. The zero-order valence-electron chi connectivity index (χ0n) is 21.5. The number of aryl methyl sites for hydroxylation is 3. The number of nitrogens with zero attached hydrogens (tertiary/aromatic N) is 2. The molecule has 0 saturated carbocycles. The minimum absolute atomic E-state index is 0.154. The van der Waals surface area contributed by atoms with Crippen molar-refractivity contribution in [2.24, 2.45) is 0 Å². The Balaban J connectivity index is 1.71. The van der Waals surface area contributed by atoms with Gasteiger partial charge in [0.15, 0.2) is 0 Å². The summed E-state index contributed by atoms with van der Waals surface area (Å²) in [6.45, 7) is 6.27. The Bertz CT molecular complexity index is 1410. The quantitative estimate of drug-likeness (QED) is 0.275. The average Bonchev–Trinajstić information content (AvgIpc) is 2.90. The van der Waals surface area contributed by atoms with Crippen molar-refractivity contribution in [1.29, 1.82) is 0 Å². The van der Waals surface area contributed by atoms with Crippen LogP contribution >= 0.6 is 0 Å². The van der Waals surface area contributed by atoms with Crippen molar-refractivity contribution in [3.63, 3.8) is 0 Å². The van der Waals surface area contributed by atoms with E-state index in [1.54, 1.807) is 35.2 Å². The molecule has 0 spiro atoms.